The van der Waals surface area contributed by atoms with Crippen molar-refractivity contribution in [3.8, 4) is 0 Å². The second-order valence-electron chi connectivity index (χ2n) is 15.5. The number of hydrogen-bond donors (Lipinski definition) is 4. The molecule has 322 valence electrons. The Balaban J connectivity index is 2.33. The number of allylic oxidation sites excluding steroid dienone is 4. The van der Waals surface area contributed by atoms with E-state index in [0.29, 0.717) is 6.42 Å². The maximum Gasteiger partial charge on any atom is 0.306 e. The SMILES string of the molecule is CCCC/C=C\C/C=C\CCCCCCCC(=O)OC(COC(=O)CCCCCCCCCCCCCCCCCC)COC1OC(CO)C(O)C(O)C1O. The van der Waals surface area contributed by atoms with Crippen LogP contribution in [0.5, 0.6) is 0 Å². The Morgan fingerprint density at radius 3 is 1.56 bits per heavy atom. The highest BCUT2D eigenvalue weighted by Gasteiger charge is 2.44. The van der Waals surface area contributed by atoms with Crippen LogP contribution < -0.4 is 0 Å². The van der Waals surface area contributed by atoms with E-state index in [2.05, 4.69) is 38.2 Å². The zero-order chi connectivity index (χ0) is 40.2. The van der Waals surface area contributed by atoms with Crippen molar-refractivity contribution < 1.29 is 49.0 Å². The molecule has 1 aliphatic heterocycles. The van der Waals surface area contributed by atoms with Gasteiger partial charge in [0.1, 0.15) is 31.0 Å². The van der Waals surface area contributed by atoms with Gasteiger partial charge >= 0.3 is 11.9 Å². The third-order valence-electron chi connectivity index (χ3n) is 10.3. The van der Waals surface area contributed by atoms with Gasteiger partial charge in [-0.2, -0.15) is 0 Å². The zero-order valence-electron chi connectivity index (χ0n) is 34.9. The number of carbonyl (C=O) groups is 2. The molecule has 10 nitrogen and oxygen atoms in total. The van der Waals surface area contributed by atoms with E-state index in [1.807, 2.05) is 0 Å². The number of aliphatic hydroxyl groups excluding tert-OH is 4. The summed E-state index contributed by atoms with van der Waals surface area (Å²) < 4.78 is 22.1. The largest absolute Gasteiger partial charge is 0.462 e. The van der Waals surface area contributed by atoms with E-state index in [4.69, 9.17) is 18.9 Å². The first-order valence-corrected chi connectivity index (χ1v) is 22.4. The quantitative estimate of drug-likeness (QED) is 0.0273. The number of hydrogen-bond acceptors (Lipinski definition) is 10. The molecule has 1 aliphatic rings. The molecular formula is C45H82O10. The van der Waals surface area contributed by atoms with Gasteiger partial charge in [-0.15, -0.1) is 0 Å². The molecule has 0 aromatic rings. The van der Waals surface area contributed by atoms with E-state index in [1.54, 1.807) is 0 Å². The van der Waals surface area contributed by atoms with Gasteiger partial charge in [0.15, 0.2) is 12.4 Å². The van der Waals surface area contributed by atoms with Crippen LogP contribution in [-0.4, -0.2) is 89.0 Å². The molecule has 1 fully saturated rings. The van der Waals surface area contributed by atoms with Crippen molar-refractivity contribution in [1.29, 1.82) is 0 Å². The fourth-order valence-corrected chi connectivity index (χ4v) is 6.73. The van der Waals surface area contributed by atoms with Crippen molar-refractivity contribution in [3.63, 3.8) is 0 Å². The number of carbonyl (C=O) groups excluding carboxylic acids is 2. The van der Waals surface area contributed by atoms with Crippen molar-refractivity contribution in [2.75, 3.05) is 19.8 Å². The molecule has 0 spiro atoms. The predicted molar refractivity (Wildman–Crippen MR) is 219 cm³/mol. The number of rotatable bonds is 37. The highest BCUT2D eigenvalue weighted by Crippen LogP contribution is 2.23. The second kappa shape index (κ2) is 36.5. The molecule has 6 unspecified atom stereocenters. The first-order chi connectivity index (χ1) is 26.8. The summed E-state index contributed by atoms with van der Waals surface area (Å²) in [5.41, 5.74) is 0. The van der Waals surface area contributed by atoms with Gasteiger partial charge in [-0.05, 0) is 38.5 Å². The summed E-state index contributed by atoms with van der Waals surface area (Å²) in [6.07, 6.45) is 31.8. The van der Waals surface area contributed by atoms with E-state index >= 15 is 0 Å². The monoisotopic (exact) mass is 783 g/mol. The highest BCUT2D eigenvalue weighted by molar-refractivity contribution is 5.70. The van der Waals surface area contributed by atoms with Crippen LogP contribution in [0.3, 0.4) is 0 Å². The first-order valence-electron chi connectivity index (χ1n) is 22.4. The maximum absolute atomic E-state index is 12.7. The molecule has 0 radical (unpaired) electrons. The topological polar surface area (TPSA) is 152 Å². The summed E-state index contributed by atoms with van der Waals surface area (Å²) in [6, 6.07) is 0. The third-order valence-corrected chi connectivity index (χ3v) is 10.3. The fourth-order valence-electron chi connectivity index (χ4n) is 6.73. The Bertz CT molecular complexity index is 954. The average molecular weight is 783 g/mol. The fraction of sp³-hybridized carbons (Fsp3) is 0.867. The molecule has 1 saturated heterocycles. The maximum atomic E-state index is 12.7. The van der Waals surface area contributed by atoms with Gasteiger partial charge in [0.25, 0.3) is 0 Å². The van der Waals surface area contributed by atoms with E-state index in [-0.39, 0.29) is 32.0 Å². The lowest BCUT2D eigenvalue weighted by atomic mass is 9.99. The molecule has 1 rings (SSSR count). The van der Waals surface area contributed by atoms with Gasteiger partial charge in [0.2, 0.25) is 0 Å². The zero-order valence-corrected chi connectivity index (χ0v) is 34.9. The predicted octanol–water partition coefficient (Wildman–Crippen LogP) is 9.33. The van der Waals surface area contributed by atoms with E-state index in [0.717, 1.165) is 64.2 Å². The van der Waals surface area contributed by atoms with Crippen LogP contribution in [-0.2, 0) is 28.5 Å². The van der Waals surface area contributed by atoms with Crippen molar-refractivity contribution in [2.45, 2.75) is 230 Å². The smallest absolute Gasteiger partial charge is 0.306 e. The highest BCUT2D eigenvalue weighted by atomic mass is 16.7. The van der Waals surface area contributed by atoms with Crippen LogP contribution in [0.1, 0.15) is 194 Å². The lowest BCUT2D eigenvalue weighted by Gasteiger charge is -2.39. The van der Waals surface area contributed by atoms with Crippen LogP contribution in [0, 0.1) is 0 Å². The molecule has 0 aromatic carbocycles. The lowest BCUT2D eigenvalue weighted by molar-refractivity contribution is -0.305. The molecule has 0 bridgehead atoms. The van der Waals surface area contributed by atoms with Crippen molar-refractivity contribution in [3.05, 3.63) is 24.3 Å². The van der Waals surface area contributed by atoms with Gasteiger partial charge in [-0.3, -0.25) is 9.59 Å². The molecule has 1 heterocycles. The van der Waals surface area contributed by atoms with Gasteiger partial charge in [0, 0.05) is 12.8 Å². The molecule has 6 atom stereocenters. The molecule has 0 amide bonds. The summed E-state index contributed by atoms with van der Waals surface area (Å²) in [4.78, 5) is 25.3. The van der Waals surface area contributed by atoms with E-state index < -0.39 is 49.4 Å². The molecule has 0 aliphatic carbocycles. The van der Waals surface area contributed by atoms with Crippen molar-refractivity contribution >= 4 is 11.9 Å². The average Bonchev–Trinajstić information content (AvgIpc) is 3.18. The van der Waals surface area contributed by atoms with Crippen LogP contribution in [0.15, 0.2) is 24.3 Å². The summed E-state index contributed by atoms with van der Waals surface area (Å²) in [7, 11) is 0. The minimum atomic E-state index is -1.59. The summed E-state index contributed by atoms with van der Waals surface area (Å²) >= 11 is 0. The van der Waals surface area contributed by atoms with Gasteiger partial charge in [0.05, 0.1) is 13.2 Å². The number of aliphatic hydroxyl groups is 4. The second-order valence-corrected chi connectivity index (χ2v) is 15.5. The Morgan fingerprint density at radius 2 is 1.04 bits per heavy atom. The third kappa shape index (κ3) is 28.3. The number of unbranched alkanes of at least 4 members (excludes halogenated alkanes) is 22. The summed E-state index contributed by atoms with van der Waals surface area (Å²) in [5, 5.41) is 40.0. The van der Waals surface area contributed by atoms with Crippen molar-refractivity contribution in [1.82, 2.24) is 0 Å². The first kappa shape index (κ1) is 51.2. The van der Waals surface area contributed by atoms with Gasteiger partial charge < -0.3 is 39.4 Å². The Morgan fingerprint density at radius 1 is 0.564 bits per heavy atom. The van der Waals surface area contributed by atoms with Crippen LogP contribution in [0.4, 0.5) is 0 Å². The Labute approximate surface area is 334 Å². The van der Waals surface area contributed by atoms with Crippen LogP contribution in [0.25, 0.3) is 0 Å². The Hall–Kier alpha value is -1.82. The minimum Gasteiger partial charge on any atom is -0.462 e. The lowest BCUT2D eigenvalue weighted by Crippen LogP contribution is -2.59. The number of ether oxygens (including phenoxy) is 4. The van der Waals surface area contributed by atoms with Gasteiger partial charge in [-0.1, -0.05) is 167 Å². The van der Waals surface area contributed by atoms with E-state index in [1.165, 1.54) is 96.3 Å². The number of esters is 2. The Kier molecular flexibility index (Phi) is 34.0. The van der Waals surface area contributed by atoms with Crippen LogP contribution >= 0.6 is 0 Å². The molecule has 55 heavy (non-hydrogen) atoms. The van der Waals surface area contributed by atoms with Crippen LogP contribution in [0.2, 0.25) is 0 Å². The molecular weight excluding hydrogens is 700 g/mol. The van der Waals surface area contributed by atoms with Gasteiger partial charge in [-0.25, -0.2) is 0 Å². The summed E-state index contributed by atoms with van der Waals surface area (Å²) in [6.45, 7) is 3.38. The standard InChI is InChI=1S/C45H82O10/c1-3-5-7-9-11-13-15-17-19-20-22-23-25-27-29-31-33-40(47)52-36-38(37-53-45-44(51)43(50)42(49)39(35-46)55-45)54-41(48)34-32-30-28-26-24-21-18-16-14-12-10-8-6-4-2/h10,12,16,18,38-39,42-46,49-51H,3-9,11,13-15,17,19-37H2,1-2H3/b12-10-,18-16-. The molecule has 0 saturated carbocycles. The molecule has 10 heteroatoms. The molecule has 0 aromatic heterocycles. The molecule has 4 N–H and O–H groups in total. The minimum absolute atomic E-state index is 0.216. The van der Waals surface area contributed by atoms with E-state index in [9.17, 15) is 30.0 Å². The summed E-state index contributed by atoms with van der Waals surface area (Å²) in [5.74, 6) is -0.816. The van der Waals surface area contributed by atoms with Crippen molar-refractivity contribution in [2.24, 2.45) is 0 Å². The normalized spacial score (nSPS) is 20.7.